The molecule has 2 aliphatic rings. The Balaban J connectivity index is 1.94. The molecule has 2 unspecified atom stereocenters. The van der Waals surface area contributed by atoms with Crippen LogP contribution in [0.15, 0.2) is 0 Å². The van der Waals surface area contributed by atoms with Crippen molar-refractivity contribution in [3.8, 4) is 0 Å². The van der Waals surface area contributed by atoms with E-state index in [0.717, 1.165) is 12.3 Å². The largest absolute Gasteiger partial charge is 0.302 e. The summed E-state index contributed by atoms with van der Waals surface area (Å²) in [5.74, 6) is 0.589. The van der Waals surface area contributed by atoms with Crippen molar-refractivity contribution < 1.29 is 9.59 Å². The second-order valence-electron chi connectivity index (χ2n) is 4.57. The number of amides is 2. The number of likely N-dealkylation sites (tertiary alicyclic amines) is 1. The second-order valence-corrected chi connectivity index (χ2v) is 4.57. The van der Waals surface area contributed by atoms with Gasteiger partial charge in [0.1, 0.15) is 0 Å². The Morgan fingerprint density at radius 1 is 1.47 bits per heavy atom. The maximum absolute atomic E-state index is 11.7. The maximum atomic E-state index is 11.7. The molecule has 0 aromatic rings. The smallest absolute Gasteiger partial charge is 0.246 e. The molecule has 15 heavy (non-hydrogen) atoms. The summed E-state index contributed by atoms with van der Waals surface area (Å²) >= 11 is 0. The van der Waals surface area contributed by atoms with Crippen LogP contribution in [0.25, 0.3) is 0 Å². The van der Waals surface area contributed by atoms with E-state index < -0.39 is 0 Å². The molecule has 0 spiro atoms. The highest BCUT2D eigenvalue weighted by molar-refractivity contribution is 6.05. The van der Waals surface area contributed by atoms with Gasteiger partial charge in [0.15, 0.2) is 0 Å². The number of rotatable bonds is 4. The third-order valence-electron chi connectivity index (χ3n) is 3.43. The molecule has 2 atom stereocenters. The van der Waals surface area contributed by atoms with Crippen LogP contribution in [-0.4, -0.2) is 35.8 Å². The highest BCUT2D eigenvalue weighted by Crippen LogP contribution is 2.34. The molecule has 1 N–H and O–H groups in total. The Kier molecular flexibility index (Phi) is 2.78. The minimum absolute atomic E-state index is 0.0665. The number of imide groups is 1. The molecule has 0 radical (unpaired) electrons. The molecular formula is C11H18N2O2. The number of hydrogen-bond donors (Lipinski definition) is 1. The Hall–Kier alpha value is -0.900. The molecule has 1 saturated carbocycles. The lowest BCUT2D eigenvalue weighted by molar-refractivity contribution is -0.137. The lowest BCUT2D eigenvalue weighted by Gasteiger charge is -2.19. The molecule has 0 aromatic carbocycles. The van der Waals surface area contributed by atoms with Gasteiger partial charge in [-0.2, -0.15) is 0 Å². The molecule has 2 rings (SSSR count). The van der Waals surface area contributed by atoms with Crippen molar-refractivity contribution in [1.82, 2.24) is 10.2 Å². The van der Waals surface area contributed by atoms with Gasteiger partial charge < -0.3 is 5.32 Å². The first-order valence-corrected chi connectivity index (χ1v) is 5.70. The summed E-state index contributed by atoms with van der Waals surface area (Å²) in [6.45, 7) is 2.13. The summed E-state index contributed by atoms with van der Waals surface area (Å²) in [5.41, 5.74) is 0. The predicted molar refractivity (Wildman–Crippen MR) is 56.1 cm³/mol. The summed E-state index contributed by atoms with van der Waals surface area (Å²) in [5, 5.41) is 3.33. The fourth-order valence-corrected chi connectivity index (χ4v) is 2.23. The van der Waals surface area contributed by atoms with E-state index in [4.69, 9.17) is 0 Å². The fraction of sp³-hybridized carbons (Fsp3) is 0.818. The van der Waals surface area contributed by atoms with E-state index in [1.54, 1.807) is 7.05 Å². The SMILES string of the molecule is CCC(NC1CC(=O)N(C)C1=O)C1CC1. The van der Waals surface area contributed by atoms with Crippen LogP contribution in [0.2, 0.25) is 0 Å². The highest BCUT2D eigenvalue weighted by atomic mass is 16.2. The van der Waals surface area contributed by atoms with E-state index in [-0.39, 0.29) is 17.9 Å². The molecular weight excluding hydrogens is 192 g/mol. The molecule has 0 bridgehead atoms. The normalized spacial score (nSPS) is 28.7. The van der Waals surface area contributed by atoms with E-state index in [2.05, 4.69) is 12.2 Å². The van der Waals surface area contributed by atoms with Crippen molar-refractivity contribution in [2.75, 3.05) is 7.05 Å². The minimum Gasteiger partial charge on any atom is -0.302 e. The molecule has 2 amide bonds. The van der Waals surface area contributed by atoms with Gasteiger partial charge in [-0.1, -0.05) is 6.92 Å². The first-order valence-electron chi connectivity index (χ1n) is 5.70. The molecule has 1 aliphatic heterocycles. The van der Waals surface area contributed by atoms with Crippen LogP contribution >= 0.6 is 0 Å². The van der Waals surface area contributed by atoms with E-state index in [1.165, 1.54) is 17.7 Å². The lowest BCUT2D eigenvalue weighted by Crippen LogP contribution is -2.43. The maximum Gasteiger partial charge on any atom is 0.246 e. The number of nitrogens with zero attached hydrogens (tertiary/aromatic N) is 1. The van der Waals surface area contributed by atoms with Crippen LogP contribution in [0.5, 0.6) is 0 Å². The Morgan fingerprint density at radius 3 is 2.53 bits per heavy atom. The van der Waals surface area contributed by atoms with Crippen molar-refractivity contribution in [1.29, 1.82) is 0 Å². The number of carbonyl (C=O) groups excluding carboxylic acids is 2. The zero-order valence-electron chi connectivity index (χ0n) is 9.32. The fourth-order valence-electron chi connectivity index (χ4n) is 2.23. The van der Waals surface area contributed by atoms with Crippen molar-refractivity contribution in [3.63, 3.8) is 0 Å². The molecule has 2 fully saturated rings. The third kappa shape index (κ3) is 2.04. The monoisotopic (exact) mass is 210 g/mol. The quantitative estimate of drug-likeness (QED) is 0.688. The molecule has 4 nitrogen and oxygen atoms in total. The first-order chi connectivity index (χ1) is 7.13. The number of hydrogen-bond acceptors (Lipinski definition) is 3. The topological polar surface area (TPSA) is 49.4 Å². The van der Waals surface area contributed by atoms with Crippen molar-refractivity contribution in [2.45, 2.75) is 44.7 Å². The molecule has 4 heteroatoms. The van der Waals surface area contributed by atoms with Crippen LogP contribution in [0.4, 0.5) is 0 Å². The zero-order chi connectivity index (χ0) is 11.0. The Labute approximate surface area is 90.0 Å². The van der Waals surface area contributed by atoms with E-state index in [1.807, 2.05) is 0 Å². The minimum atomic E-state index is -0.270. The highest BCUT2D eigenvalue weighted by Gasteiger charge is 2.39. The van der Waals surface area contributed by atoms with Crippen LogP contribution < -0.4 is 5.32 Å². The lowest BCUT2D eigenvalue weighted by atomic mass is 10.1. The van der Waals surface area contributed by atoms with Gasteiger partial charge >= 0.3 is 0 Å². The average molecular weight is 210 g/mol. The van der Waals surface area contributed by atoms with Gasteiger partial charge in [-0.05, 0) is 25.2 Å². The van der Waals surface area contributed by atoms with Gasteiger partial charge in [-0.15, -0.1) is 0 Å². The van der Waals surface area contributed by atoms with Crippen LogP contribution in [0, 0.1) is 5.92 Å². The van der Waals surface area contributed by atoms with E-state index in [0.29, 0.717) is 12.5 Å². The van der Waals surface area contributed by atoms with Gasteiger partial charge in [-0.3, -0.25) is 14.5 Å². The van der Waals surface area contributed by atoms with Crippen LogP contribution in [-0.2, 0) is 9.59 Å². The number of nitrogens with one attached hydrogen (secondary N) is 1. The number of carbonyl (C=O) groups is 2. The summed E-state index contributed by atoms with van der Waals surface area (Å²) < 4.78 is 0. The first kappa shape index (κ1) is 10.6. The zero-order valence-corrected chi connectivity index (χ0v) is 9.32. The summed E-state index contributed by atoms with van der Waals surface area (Å²) in [6, 6.07) is 0.145. The van der Waals surface area contributed by atoms with E-state index in [9.17, 15) is 9.59 Å². The molecule has 84 valence electrons. The molecule has 1 saturated heterocycles. The van der Waals surface area contributed by atoms with Crippen LogP contribution in [0.1, 0.15) is 32.6 Å². The van der Waals surface area contributed by atoms with E-state index >= 15 is 0 Å². The molecule has 1 aliphatic carbocycles. The Morgan fingerprint density at radius 2 is 2.13 bits per heavy atom. The third-order valence-corrected chi connectivity index (χ3v) is 3.43. The predicted octanol–water partition coefficient (Wildman–Crippen LogP) is 0.522. The van der Waals surface area contributed by atoms with Gasteiger partial charge in [0.2, 0.25) is 11.8 Å². The Bertz CT molecular complexity index is 286. The standard InChI is InChI=1S/C11H18N2O2/c1-3-8(7-4-5-7)12-9-6-10(14)13(2)11(9)15/h7-9,12H,3-6H2,1-2H3. The van der Waals surface area contributed by atoms with Gasteiger partial charge in [0.05, 0.1) is 12.5 Å². The van der Waals surface area contributed by atoms with Crippen LogP contribution in [0.3, 0.4) is 0 Å². The second kappa shape index (κ2) is 3.93. The van der Waals surface area contributed by atoms with Crippen molar-refractivity contribution in [2.24, 2.45) is 5.92 Å². The summed E-state index contributed by atoms with van der Waals surface area (Å²) in [4.78, 5) is 24.2. The summed E-state index contributed by atoms with van der Waals surface area (Å²) in [7, 11) is 1.56. The number of likely N-dealkylation sites (N-methyl/N-ethyl adjacent to an activating group) is 1. The van der Waals surface area contributed by atoms with Gasteiger partial charge in [-0.25, -0.2) is 0 Å². The molecule has 0 aromatic heterocycles. The molecule has 1 heterocycles. The van der Waals surface area contributed by atoms with Gasteiger partial charge in [0, 0.05) is 13.1 Å². The summed E-state index contributed by atoms with van der Waals surface area (Å²) in [6.07, 6.45) is 3.89. The average Bonchev–Trinajstić information content (AvgIpc) is 3.01. The van der Waals surface area contributed by atoms with Gasteiger partial charge in [0.25, 0.3) is 0 Å². The van der Waals surface area contributed by atoms with Crippen molar-refractivity contribution >= 4 is 11.8 Å². The van der Waals surface area contributed by atoms with Crippen molar-refractivity contribution in [3.05, 3.63) is 0 Å².